The Morgan fingerprint density at radius 1 is 1.32 bits per heavy atom. The summed E-state index contributed by atoms with van der Waals surface area (Å²) in [5.74, 6) is 0.927. The quantitative estimate of drug-likeness (QED) is 0.890. The summed E-state index contributed by atoms with van der Waals surface area (Å²) >= 11 is 0. The van der Waals surface area contributed by atoms with Crippen molar-refractivity contribution in [1.29, 1.82) is 0 Å². The fourth-order valence-corrected chi connectivity index (χ4v) is 6.03. The van der Waals surface area contributed by atoms with Crippen molar-refractivity contribution in [3.63, 3.8) is 0 Å². The van der Waals surface area contributed by atoms with Crippen LogP contribution in [0.2, 0.25) is 0 Å². The molecule has 1 heterocycles. The van der Waals surface area contributed by atoms with Gasteiger partial charge in [-0.05, 0) is 59.6 Å². The Bertz CT molecular complexity index is 671. The minimum absolute atomic E-state index is 0.0106. The van der Waals surface area contributed by atoms with Gasteiger partial charge in [-0.25, -0.2) is 4.39 Å². The molecule has 4 rings (SSSR count). The van der Waals surface area contributed by atoms with Gasteiger partial charge in [-0.2, -0.15) is 0 Å². The van der Waals surface area contributed by atoms with Gasteiger partial charge in [0.15, 0.2) is 0 Å². The highest BCUT2D eigenvalue weighted by Crippen LogP contribution is 2.70. The number of halogens is 1. The van der Waals surface area contributed by atoms with Crippen LogP contribution >= 0.6 is 0 Å². The van der Waals surface area contributed by atoms with E-state index in [1.165, 1.54) is 18.6 Å². The molecule has 1 amide bonds. The summed E-state index contributed by atoms with van der Waals surface area (Å²) in [7, 11) is 0. The largest absolute Gasteiger partial charge is 0.373 e. The third-order valence-corrected chi connectivity index (χ3v) is 7.33. The number of carbonyl (C=O) groups is 1. The van der Waals surface area contributed by atoms with Crippen LogP contribution in [0, 0.1) is 28.5 Å². The van der Waals surface area contributed by atoms with Gasteiger partial charge in [-0.1, -0.05) is 32.9 Å². The van der Waals surface area contributed by atoms with E-state index in [1.54, 1.807) is 0 Å². The Balaban J connectivity index is 1.69. The summed E-state index contributed by atoms with van der Waals surface area (Å²) in [5, 5.41) is 3.37. The molecular formula is C21H28FNO2. The molecule has 3 nitrogen and oxygen atoms in total. The number of hydrogen-bond donors (Lipinski definition) is 1. The van der Waals surface area contributed by atoms with Gasteiger partial charge in [0.05, 0.1) is 6.10 Å². The van der Waals surface area contributed by atoms with Gasteiger partial charge in [0.1, 0.15) is 5.82 Å². The fourth-order valence-electron chi connectivity index (χ4n) is 6.03. The highest BCUT2D eigenvalue weighted by Gasteiger charge is 2.68. The molecule has 1 saturated heterocycles. The van der Waals surface area contributed by atoms with Crippen LogP contribution in [0.3, 0.4) is 0 Å². The highest BCUT2D eigenvalue weighted by atomic mass is 19.1. The molecule has 1 aromatic rings. The van der Waals surface area contributed by atoms with Crippen molar-refractivity contribution < 1.29 is 13.9 Å². The zero-order valence-corrected chi connectivity index (χ0v) is 15.3. The fraction of sp³-hybridized carbons (Fsp3) is 0.667. The van der Waals surface area contributed by atoms with Crippen LogP contribution in [0.5, 0.6) is 0 Å². The summed E-state index contributed by atoms with van der Waals surface area (Å²) in [6.45, 7) is 7.24. The smallest absolute Gasteiger partial charge is 0.219 e. The van der Waals surface area contributed by atoms with Gasteiger partial charge in [0.25, 0.3) is 0 Å². The van der Waals surface area contributed by atoms with E-state index in [0.717, 1.165) is 18.4 Å². The van der Waals surface area contributed by atoms with E-state index in [4.69, 9.17) is 4.74 Å². The van der Waals surface area contributed by atoms with E-state index >= 15 is 0 Å². The first-order chi connectivity index (χ1) is 11.9. The second-order valence-electron chi connectivity index (χ2n) is 8.74. The van der Waals surface area contributed by atoms with Gasteiger partial charge in [-0.3, -0.25) is 4.79 Å². The molecule has 1 spiro atoms. The van der Waals surface area contributed by atoms with Crippen molar-refractivity contribution in [2.24, 2.45) is 22.7 Å². The van der Waals surface area contributed by atoms with Gasteiger partial charge < -0.3 is 10.1 Å². The zero-order valence-electron chi connectivity index (χ0n) is 15.3. The van der Waals surface area contributed by atoms with E-state index in [2.05, 4.69) is 19.2 Å². The standard InChI is InChI=1S/C21H28FNO2/c1-4-17(24)23-19-20(2,3)14-11-16-18(13-5-7-15(22)8-6-13)25-10-9-21(16,19)12-14/h5-8,14,16,18-19H,4,9-12H2,1-3H3,(H,23,24)/t14-,16-,18-,19+,21-/m1/s1. The molecule has 1 aromatic carbocycles. The first kappa shape index (κ1) is 17.0. The first-order valence-corrected chi connectivity index (χ1v) is 9.55. The highest BCUT2D eigenvalue weighted by molar-refractivity contribution is 5.76. The Labute approximate surface area is 149 Å². The number of carbonyl (C=O) groups excluding carboxylic acids is 1. The van der Waals surface area contributed by atoms with E-state index in [-0.39, 0.29) is 34.7 Å². The number of hydrogen-bond acceptors (Lipinski definition) is 2. The predicted octanol–water partition coefficient (Wildman–Crippen LogP) is 4.23. The lowest BCUT2D eigenvalue weighted by Gasteiger charge is -2.53. The lowest BCUT2D eigenvalue weighted by molar-refractivity contribution is -0.137. The average molecular weight is 345 g/mol. The molecule has 3 aliphatic rings. The molecular weight excluding hydrogens is 317 g/mol. The summed E-state index contributed by atoms with van der Waals surface area (Å²) in [6, 6.07) is 6.95. The number of amides is 1. The predicted molar refractivity (Wildman–Crippen MR) is 94.4 cm³/mol. The average Bonchev–Trinajstić information content (AvgIpc) is 3.08. The number of fused-ring (bicyclic) bond motifs is 1. The van der Waals surface area contributed by atoms with Crippen LogP contribution in [-0.4, -0.2) is 18.6 Å². The molecule has 5 atom stereocenters. The van der Waals surface area contributed by atoms with Gasteiger partial charge in [-0.15, -0.1) is 0 Å². The molecule has 4 heteroatoms. The molecule has 3 fully saturated rings. The van der Waals surface area contributed by atoms with Gasteiger partial charge in [0, 0.05) is 19.1 Å². The van der Waals surface area contributed by atoms with Crippen molar-refractivity contribution in [1.82, 2.24) is 5.32 Å². The third kappa shape index (κ3) is 2.44. The Morgan fingerprint density at radius 2 is 2.04 bits per heavy atom. The topological polar surface area (TPSA) is 38.3 Å². The number of ether oxygens (including phenoxy) is 1. The lowest BCUT2D eigenvalue weighted by atomic mass is 9.59. The van der Waals surface area contributed by atoms with Crippen molar-refractivity contribution >= 4 is 5.91 Å². The minimum Gasteiger partial charge on any atom is -0.373 e. The third-order valence-electron chi connectivity index (χ3n) is 7.33. The van der Waals surface area contributed by atoms with Crippen LogP contribution in [0.4, 0.5) is 4.39 Å². The molecule has 136 valence electrons. The maximum absolute atomic E-state index is 13.3. The Kier molecular flexibility index (Phi) is 3.95. The number of nitrogens with one attached hydrogen (secondary N) is 1. The maximum Gasteiger partial charge on any atom is 0.219 e. The molecule has 0 radical (unpaired) electrons. The Morgan fingerprint density at radius 3 is 2.72 bits per heavy atom. The van der Waals surface area contributed by atoms with Crippen molar-refractivity contribution in [3.8, 4) is 0 Å². The SMILES string of the molecule is CCC(=O)N[C@H]1C(C)(C)[C@@H]2C[C@@H]3[C@@H](c4ccc(F)cc4)OCC[C@@]31C2. The van der Waals surface area contributed by atoms with Crippen LogP contribution < -0.4 is 5.32 Å². The number of rotatable bonds is 3. The van der Waals surface area contributed by atoms with E-state index in [9.17, 15) is 9.18 Å². The van der Waals surface area contributed by atoms with E-state index < -0.39 is 0 Å². The normalized spacial score (nSPS) is 38.4. The molecule has 0 aromatic heterocycles. The lowest BCUT2D eigenvalue weighted by Crippen LogP contribution is -2.58. The van der Waals surface area contributed by atoms with Crippen LogP contribution in [0.25, 0.3) is 0 Å². The maximum atomic E-state index is 13.3. The Hall–Kier alpha value is -1.42. The molecule has 25 heavy (non-hydrogen) atoms. The molecule has 2 bridgehead atoms. The molecule has 0 unspecified atom stereocenters. The van der Waals surface area contributed by atoms with E-state index in [1.807, 2.05) is 19.1 Å². The monoisotopic (exact) mass is 345 g/mol. The second kappa shape index (κ2) is 5.80. The molecule has 1 N–H and O–H groups in total. The second-order valence-corrected chi connectivity index (χ2v) is 8.74. The van der Waals surface area contributed by atoms with E-state index in [0.29, 0.717) is 24.9 Å². The van der Waals surface area contributed by atoms with Crippen LogP contribution in [0.1, 0.15) is 58.1 Å². The van der Waals surface area contributed by atoms with Gasteiger partial charge in [0.2, 0.25) is 5.91 Å². The van der Waals surface area contributed by atoms with Crippen LogP contribution in [-0.2, 0) is 9.53 Å². The van der Waals surface area contributed by atoms with Gasteiger partial charge >= 0.3 is 0 Å². The zero-order chi connectivity index (χ0) is 17.8. The summed E-state index contributed by atoms with van der Waals surface area (Å²) in [5.41, 5.74) is 1.29. The van der Waals surface area contributed by atoms with Crippen molar-refractivity contribution in [2.45, 2.75) is 58.6 Å². The first-order valence-electron chi connectivity index (χ1n) is 9.55. The minimum atomic E-state index is -0.212. The molecule has 1 aliphatic heterocycles. The summed E-state index contributed by atoms with van der Waals surface area (Å²) < 4.78 is 19.5. The van der Waals surface area contributed by atoms with Crippen molar-refractivity contribution in [3.05, 3.63) is 35.6 Å². The summed E-state index contributed by atoms with van der Waals surface area (Å²) in [4.78, 5) is 12.2. The van der Waals surface area contributed by atoms with Crippen molar-refractivity contribution in [2.75, 3.05) is 6.61 Å². The summed E-state index contributed by atoms with van der Waals surface area (Å²) in [6.07, 6.45) is 3.84. The number of benzene rings is 1. The van der Waals surface area contributed by atoms with Crippen LogP contribution in [0.15, 0.2) is 24.3 Å². The molecule has 2 aliphatic carbocycles. The molecule has 2 saturated carbocycles.